The smallest absolute Gasteiger partial charge is 0.160 e. The van der Waals surface area contributed by atoms with Crippen LogP contribution in [0.1, 0.15) is 19.4 Å². The van der Waals surface area contributed by atoms with E-state index in [4.69, 9.17) is 4.74 Å². The standard InChI is InChI=1S/C13H14O3/c1-9(14)8-13(10(2)15)11-4-6-12(16-3)7-5-11/h4-8H,1-3H3. The van der Waals surface area contributed by atoms with Gasteiger partial charge in [0, 0.05) is 5.57 Å². The predicted molar refractivity (Wildman–Crippen MR) is 62.3 cm³/mol. The summed E-state index contributed by atoms with van der Waals surface area (Å²) < 4.78 is 5.02. The van der Waals surface area contributed by atoms with Crippen molar-refractivity contribution in [3.05, 3.63) is 35.9 Å². The average Bonchev–Trinajstić information content (AvgIpc) is 2.25. The van der Waals surface area contributed by atoms with Crippen molar-refractivity contribution in [1.82, 2.24) is 0 Å². The summed E-state index contributed by atoms with van der Waals surface area (Å²) in [5.74, 6) is 0.455. The molecule has 0 aliphatic rings. The molecule has 0 aliphatic heterocycles. The van der Waals surface area contributed by atoms with Gasteiger partial charge in [-0.2, -0.15) is 0 Å². The molecule has 0 bridgehead atoms. The molecule has 0 heterocycles. The molecule has 3 nitrogen and oxygen atoms in total. The normalized spacial score (nSPS) is 11.1. The van der Waals surface area contributed by atoms with E-state index in [0.717, 1.165) is 11.3 Å². The lowest BCUT2D eigenvalue weighted by atomic mass is 10.0. The highest BCUT2D eigenvalue weighted by Crippen LogP contribution is 2.19. The largest absolute Gasteiger partial charge is 0.497 e. The van der Waals surface area contributed by atoms with Gasteiger partial charge in [0.1, 0.15) is 5.75 Å². The Bertz CT molecular complexity index is 427. The van der Waals surface area contributed by atoms with Crippen molar-refractivity contribution in [2.24, 2.45) is 0 Å². The van der Waals surface area contributed by atoms with Gasteiger partial charge in [-0.1, -0.05) is 12.1 Å². The van der Waals surface area contributed by atoms with Crippen LogP contribution in [0.3, 0.4) is 0 Å². The van der Waals surface area contributed by atoms with Crippen LogP contribution in [0.5, 0.6) is 5.75 Å². The first-order chi connectivity index (χ1) is 7.54. The summed E-state index contributed by atoms with van der Waals surface area (Å²) in [6.07, 6.45) is 1.35. The molecule has 84 valence electrons. The van der Waals surface area contributed by atoms with Crippen molar-refractivity contribution >= 4 is 17.1 Å². The number of carbonyl (C=O) groups is 2. The zero-order chi connectivity index (χ0) is 12.1. The Morgan fingerprint density at radius 3 is 2.06 bits per heavy atom. The molecule has 0 spiro atoms. The lowest BCUT2D eigenvalue weighted by Crippen LogP contribution is -1.99. The predicted octanol–water partition coefficient (Wildman–Crippen LogP) is 2.26. The quantitative estimate of drug-likeness (QED) is 0.728. The fourth-order valence-corrected chi connectivity index (χ4v) is 1.36. The molecule has 3 heteroatoms. The van der Waals surface area contributed by atoms with Gasteiger partial charge in [-0.25, -0.2) is 0 Å². The van der Waals surface area contributed by atoms with Crippen molar-refractivity contribution in [2.75, 3.05) is 7.11 Å². The monoisotopic (exact) mass is 218 g/mol. The van der Waals surface area contributed by atoms with Crippen molar-refractivity contribution in [3.8, 4) is 5.75 Å². The third kappa shape index (κ3) is 3.05. The van der Waals surface area contributed by atoms with Gasteiger partial charge >= 0.3 is 0 Å². The van der Waals surface area contributed by atoms with E-state index in [9.17, 15) is 9.59 Å². The number of rotatable bonds is 4. The highest BCUT2D eigenvalue weighted by molar-refractivity contribution is 6.23. The van der Waals surface area contributed by atoms with E-state index in [-0.39, 0.29) is 11.6 Å². The van der Waals surface area contributed by atoms with E-state index in [0.29, 0.717) is 5.57 Å². The fourth-order valence-electron chi connectivity index (χ4n) is 1.36. The van der Waals surface area contributed by atoms with E-state index in [2.05, 4.69) is 0 Å². The maximum atomic E-state index is 11.4. The van der Waals surface area contributed by atoms with E-state index < -0.39 is 0 Å². The van der Waals surface area contributed by atoms with Gasteiger partial charge < -0.3 is 4.74 Å². The molecule has 0 saturated heterocycles. The summed E-state index contributed by atoms with van der Waals surface area (Å²) in [5.41, 5.74) is 1.15. The zero-order valence-corrected chi connectivity index (χ0v) is 9.61. The number of benzene rings is 1. The van der Waals surface area contributed by atoms with Crippen molar-refractivity contribution < 1.29 is 14.3 Å². The van der Waals surface area contributed by atoms with Crippen LogP contribution in [-0.4, -0.2) is 18.7 Å². The highest BCUT2D eigenvalue weighted by Gasteiger charge is 2.08. The SMILES string of the molecule is COc1ccc(C(=CC(C)=O)C(C)=O)cc1. The Balaban J connectivity index is 3.12. The van der Waals surface area contributed by atoms with Crippen molar-refractivity contribution in [3.63, 3.8) is 0 Å². The molecule has 0 atom stereocenters. The Morgan fingerprint density at radius 2 is 1.69 bits per heavy atom. The zero-order valence-electron chi connectivity index (χ0n) is 9.61. The summed E-state index contributed by atoms with van der Waals surface area (Å²) >= 11 is 0. The second kappa shape index (κ2) is 5.26. The second-order valence-electron chi connectivity index (χ2n) is 3.45. The number of carbonyl (C=O) groups excluding carboxylic acids is 2. The van der Waals surface area contributed by atoms with Gasteiger partial charge in [0.15, 0.2) is 11.6 Å². The molecule has 0 amide bonds. The molecule has 0 unspecified atom stereocenters. The molecule has 1 rings (SSSR count). The summed E-state index contributed by atoms with van der Waals surface area (Å²) in [6.45, 7) is 2.87. The topological polar surface area (TPSA) is 43.4 Å². The Hall–Kier alpha value is -1.90. The molecule has 0 saturated carbocycles. The van der Waals surface area contributed by atoms with Crippen LogP contribution in [0.4, 0.5) is 0 Å². The molecular formula is C13H14O3. The number of methoxy groups -OCH3 is 1. The summed E-state index contributed by atoms with van der Waals surface area (Å²) in [6, 6.07) is 7.03. The van der Waals surface area contributed by atoms with E-state index in [1.54, 1.807) is 31.4 Å². The Labute approximate surface area is 94.7 Å². The molecule has 1 aromatic rings. The van der Waals surface area contributed by atoms with Gasteiger partial charge in [-0.15, -0.1) is 0 Å². The molecule has 0 radical (unpaired) electrons. The van der Waals surface area contributed by atoms with Crippen LogP contribution >= 0.6 is 0 Å². The number of ketones is 2. The van der Waals surface area contributed by atoms with E-state index in [1.165, 1.54) is 19.9 Å². The number of Topliss-reactive ketones (excluding diaryl/α,β-unsaturated/α-hetero) is 1. The second-order valence-corrected chi connectivity index (χ2v) is 3.45. The van der Waals surface area contributed by atoms with Crippen molar-refractivity contribution in [1.29, 1.82) is 0 Å². The third-order valence-electron chi connectivity index (χ3n) is 2.13. The lowest BCUT2D eigenvalue weighted by Gasteiger charge is -2.04. The minimum Gasteiger partial charge on any atom is -0.497 e. The van der Waals surface area contributed by atoms with Crippen LogP contribution in [0.2, 0.25) is 0 Å². The van der Waals surface area contributed by atoms with Gasteiger partial charge in [0.25, 0.3) is 0 Å². The van der Waals surface area contributed by atoms with Gasteiger partial charge in [0.05, 0.1) is 7.11 Å². The summed E-state index contributed by atoms with van der Waals surface area (Å²) in [7, 11) is 1.58. The number of ether oxygens (including phenoxy) is 1. The van der Waals surface area contributed by atoms with Gasteiger partial charge in [-0.05, 0) is 37.6 Å². The minimum atomic E-state index is -0.138. The third-order valence-corrected chi connectivity index (χ3v) is 2.13. The van der Waals surface area contributed by atoms with Crippen LogP contribution in [0.15, 0.2) is 30.3 Å². The number of hydrogen-bond donors (Lipinski definition) is 0. The fraction of sp³-hybridized carbons (Fsp3) is 0.231. The number of allylic oxidation sites excluding steroid dienone is 2. The maximum Gasteiger partial charge on any atom is 0.160 e. The Kier molecular flexibility index (Phi) is 4.00. The van der Waals surface area contributed by atoms with Gasteiger partial charge in [-0.3, -0.25) is 9.59 Å². The number of hydrogen-bond acceptors (Lipinski definition) is 3. The molecule has 0 aromatic heterocycles. The first kappa shape index (κ1) is 12.2. The first-order valence-electron chi connectivity index (χ1n) is 4.92. The molecular weight excluding hydrogens is 204 g/mol. The maximum absolute atomic E-state index is 11.4. The Morgan fingerprint density at radius 1 is 1.12 bits per heavy atom. The summed E-state index contributed by atoms with van der Waals surface area (Å²) in [4.78, 5) is 22.4. The molecule has 0 aliphatic carbocycles. The lowest BCUT2D eigenvalue weighted by molar-refractivity contribution is -0.114. The first-order valence-corrected chi connectivity index (χ1v) is 4.92. The van der Waals surface area contributed by atoms with E-state index >= 15 is 0 Å². The molecule has 16 heavy (non-hydrogen) atoms. The van der Waals surface area contributed by atoms with Crippen molar-refractivity contribution in [2.45, 2.75) is 13.8 Å². The van der Waals surface area contributed by atoms with Gasteiger partial charge in [0.2, 0.25) is 0 Å². The van der Waals surface area contributed by atoms with E-state index in [1.807, 2.05) is 0 Å². The summed E-state index contributed by atoms with van der Waals surface area (Å²) in [5, 5.41) is 0. The average molecular weight is 218 g/mol. The van der Waals surface area contributed by atoms with Crippen LogP contribution in [0.25, 0.3) is 5.57 Å². The van der Waals surface area contributed by atoms with Crippen LogP contribution in [-0.2, 0) is 9.59 Å². The molecule has 1 aromatic carbocycles. The molecule has 0 fully saturated rings. The minimum absolute atomic E-state index is 0.125. The molecule has 0 N–H and O–H groups in total. The van der Waals surface area contributed by atoms with Crippen LogP contribution in [0, 0.1) is 0 Å². The highest BCUT2D eigenvalue weighted by atomic mass is 16.5. The van der Waals surface area contributed by atoms with Crippen LogP contribution < -0.4 is 4.74 Å².